The van der Waals surface area contributed by atoms with Gasteiger partial charge in [-0.3, -0.25) is 4.79 Å². The lowest BCUT2D eigenvalue weighted by Crippen LogP contribution is -2.17. The van der Waals surface area contributed by atoms with E-state index in [4.69, 9.17) is 9.47 Å². The van der Waals surface area contributed by atoms with Gasteiger partial charge in [-0.2, -0.15) is 0 Å². The Balaban J connectivity index is 2.54. The third kappa shape index (κ3) is 4.47. The van der Waals surface area contributed by atoms with E-state index in [-0.39, 0.29) is 11.5 Å². The minimum Gasteiger partial charge on any atom is -0.490 e. The first kappa shape index (κ1) is 13.6. The number of benzene rings is 1. The van der Waals surface area contributed by atoms with Gasteiger partial charge in [-0.1, -0.05) is 32.9 Å². The van der Waals surface area contributed by atoms with Gasteiger partial charge in [0.25, 0.3) is 6.47 Å². The van der Waals surface area contributed by atoms with E-state index in [2.05, 4.69) is 32.9 Å². The fourth-order valence-corrected chi connectivity index (χ4v) is 1.40. The maximum Gasteiger partial charge on any atom is 0.293 e. The number of carbonyl (C=O) groups excluding carboxylic acids is 1. The van der Waals surface area contributed by atoms with Crippen molar-refractivity contribution >= 4 is 6.47 Å². The van der Waals surface area contributed by atoms with Gasteiger partial charge in [0.2, 0.25) is 0 Å². The Morgan fingerprint density at radius 2 is 1.82 bits per heavy atom. The molecule has 0 aliphatic rings. The van der Waals surface area contributed by atoms with Gasteiger partial charge in [0.05, 0.1) is 0 Å². The highest BCUT2D eigenvalue weighted by molar-refractivity contribution is 5.37. The summed E-state index contributed by atoms with van der Waals surface area (Å²) in [4.78, 5) is 10.1. The third-order valence-electron chi connectivity index (χ3n) is 2.49. The molecule has 0 N–H and O–H groups in total. The van der Waals surface area contributed by atoms with E-state index in [1.165, 1.54) is 5.56 Å². The molecule has 0 heterocycles. The topological polar surface area (TPSA) is 35.5 Å². The summed E-state index contributed by atoms with van der Waals surface area (Å²) in [5, 5.41) is 0. The van der Waals surface area contributed by atoms with Crippen molar-refractivity contribution in [3.05, 3.63) is 29.8 Å². The minimum absolute atomic E-state index is 0.145. The number of hydrogen-bond acceptors (Lipinski definition) is 3. The van der Waals surface area contributed by atoms with E-state index in [1.807, 2.05) is 12.1 Å². The van der Waals surface area contributed by atoms with Crippen LogP contribution in [-0.2, 0) is 14.9 Å². The fraction of sp³-hybridized carbons (Fsp3) is 0.500. The maximum absolute atomic E-state index is 10.1. The Labute approximate surface area is 103 Å². The van der Waals surface area contributed by atoms with Crippen LogP contribution in [0.4, 0.5) is 0 Å². The maximum atomic E-state index is 10.1. The van der Waals surface area contributed by atoms with Crippen LogP contribution >= 0.6 is 0 Å². The molecule has 0 saturated heterocycles. The zero-order valence-electron chi connectivity index (χ0n) is 10.9. The smallest absolute Gasteiger partial charge is 0.293 e. The SMILES string of the molecule is CC(COc1ccc(C(C)(C)C)cc1)OC=O. The van der Waals surface area contributed by atoms with Gasteiger partial charge in [-0.25, -0.2) is 0 Å². The number of ether oxygens (including phenoxy) is 2. The summed E-state index contributed by atoms with van der Waals surface area (Å²) in [6, 6.07) is 7.99. The van der Waals surface area contributed by atoms with Gasteiger partial charge in [-0.05, 0) is 30.0 Å². The molecule has 1 atom stereocenters. The van der Waals surface area contributed by atoms with Crippen molar-refractivity contribution < 1.29 is 14.3 Å². The number of carbonyl (C=O) groups is 1. The van der Waals surface area contributed by atoms with Crippen molar-refractivity contribution in [1.82, 2.24) is 0 Å². The van der Waals surface area contributed by atoms with Crippen LogP contribution < -0.4 is 4.74 Å². The highest BCUT2D eigenvalue weighted by Gasteiger charge is 2.13. The second-order valence-corrected chi connectivity index (χ2v) is 5.13. The molecular weight excluding hydrogens is 216 g/mol. The van der Waals surface area contributed by atoms with Crippen molar-refractivity contribution in [2.24, 2.45) is 0 Å². The van der Waals surface area contributed by atoms with Crippen LogP contribution in [0.1, 0.15) is 33.3 Å². The monoisotopic (exact) mass is 236 g/mol. The molecule has 94 valence electrons. The van der Waals surface area contributed by atoms with Gasteiger partial charge in [0, 0.05) is 0 Å². The Morgan fingerprint density at radius 3 is 2.29 bits per heavy atom. The van der Waals surface area contributed by atoms with Crippen LogP contribution in [-0.4, -0.2) is 19.2 Å². The molecule has 0 radical (unpaired) electrons. The quantitative estimate of drug-likeness (QED) is 0.737. The normalized spacial score (nSPS) is 12.9. The summed E-state index contributed by atoms with van der Waals surface area (Å²) in [7, 11) is 0. The van der Waals surface area contributed by atoms with Crippen molar-refractivity contribution in [2.75, 3.05) is 6.61 Å². The van der Waals surface area contributed by atoms with E-state index in [1.54, 1.807) is 6.92 Å². The van der Waals surface area contributed by atoms with Crippen LogP contribution in [0.2, 0.25) is 0 Å². The molecule has 0 bridgehead atoms. The second kappa shape index (κ2) is 5.71. The molecule has 0 amide bonds. The van der Waals surface area contributed by atoms with Gasteiger partial charge >= 0.3 is 0 Å². The van der Waals surface area contributed by atoms with Crippen molar-refractivity contribution in [2.45, 2.75) is 39.2 Å². The van der Waals surface area contributed by atoms with Crippen LogP contribution in [0.15, 0.2) is 24.3 Å². The predicted molar refractivity (Wildman–Crippen MR) is 67.2 cm³/mol. The molecule has 0 saturated carbocycles. The Morgan fingerprint density at radius 1 is 1.24 bits per heavy atom. The molecule has 0 aliphatic heterocycles. The van der Waals surface area contributed by atoms with Crippen LogP contribution in [0, 0.1) is 0 Å². The summed E-state index contributed by atoms with van der Waals surface area (Å²) in [6.07, 6.45) is -0.227. The van der Waals surface area contributed by atoms with E-state index in [9.17, 15) is 4.79 Å². The van der Waals surface area contributed by atoms with E-state index in [0.29, 0.717) is 13.1 Å². The highest BCUT2D eigenvalue weighted by atomic mass is 16.6. The van der Waals surface area contributed by atoms with E-state index < -0.39 is 0 Å². The minimum atomic E-state index is -0.227. The lowest BCUT2D eigenvalue weighted by atomic mass is 9.87. The molecule has 1 aromatic carbocycles. The molecule has 1 aromatic rings. The third-order valence-corrected chi connectivity index (χ3v) is 2.49. The zero-order chi connectivity index (χ0) is 12.9. The lowest BCUT2D eigenvalue weighted by molar-refractivity contribution is -0.134. The van der Waals surface area contributed by atoms with Crippen molar-refractivity contribution in [1.29, 1.82) is 0 Å². The van der Waals surface area contributed by atoms with Gasteiger partial charge in [0.1, 0.15) is 18.5 Å². The number of hydrogen-bond donors (Lipinski definition) is 0. The molecular formula is C14H20O3. The largest absolute Gasteiger partial charge is 0.490 e. The van der Waals surface area contributed by atoms with Crippen LogP contribution in [0.3, 0.4) is 0 Å². The fourth-order valence-electron chi connectivity index (χ4n) is 1.40. The van der Waals surface area contributed by atoms with E-state index in [0.717, 1.165) is 5.75 Å². The Hall–Kier alpha value is -1.51. The molecule has 17 heavy (non-hydrogen) atoms. The highest BCUT2D eigenvalue weighted by Crippen LogP contribution is 2.24. The van der Waals surface area contributed by atoms with Gasteiger partial charge in [0.15, 0.2) is 0 Å². The number of rotatable bonds is 5. The summed E-state index contributed by atoms with van der Waals surface area (Å²) >= 11 is 0. The van der Waals surface area contributed by atoms with Crippen molar-refractivity contribution in [3.8, 4) is 5.75 Å². The van der Waals surface area contributed by atoms with Gasteiger partial charge < -0.3 is 9.47 Å². The Bertz CT molecular complexity index is 349. The molecule has 0 fully saturated rings. The predicted octanol–water partition coefficient (Wildman–Crippen LogP) is 2.92. The molecule has 1 unspecified atom stereocenters. The van der Waals surface area contributed by atoms with Gasteiger partial charge in [-0.15, -0.1) is 0 Å². The first-order chi connectivity index (χ1) is 7.93. The molecule has 0 aromatic heterocycles. The lowest BCUT2D eigenvalue weighted by Gasteiger charge is -2.19. The van der Waals surface area contributed by atoms with E-state index >= 15 is 0 Å². The molecule has 1 rings (SSSR count). The zero-order valence-corrected chi connectivity index (χ0v) is 10.9. The second-order valence-electron chi connectivity index (χ2n) is 5.13. The summed E-state index contributed by atoms with van der Waals surface area (Å²) < 4.78 is 10.2. The van der Waals surface area contributed by atoms with Crippen molar-refractivity contribution in [3.63, 3.8) is 0 Å². The first-order valence-corrected chi connectivity index (χ1v) is 5.76. The first-order valence-electron chi connectivity index (χ1n) is 5.76. The standard InChI is InChI=1S/C14H20O3/c1-11(17-10-15)9-16-13-7-5-12(6-8-13)14(2,3)4/h5-8,10-11H,9H2,1-4H3. The molecule has 3 nitrogen and oxygen atoms in total. The average Bonchev–Trinajstić information content (AvgIpc) is 2.26. The average molecular weight is 236 g/mol. The molecule has 0 aliphatic carbocycles. The van der Waals surface area contributed by atoms with Crippen LogP contribution in [0.25, 0.3) is 0 Å². The summed E-state index contributed by atoms with van der Waals surface area (Å²) in [6.45, 7) is 9.11. The molecule has 3 heteroatoms. The Kier molecular flexibility index (Phi) is 4.55. The summed E-state index contributed by atoms with van der Waals surface area (Å²) in [5.41, 5.74) is 1.41. The summed E-state index contributed by atoms with van der Waals surface area (Å²) in [5.74, 6) is 0.791. The molecule has 0 spiro atoms. The van der Waals surface area contributed by atoms with Crippen LogP contribution in [0.5, 0.6) is 5.75 Å².